The number of benzene rings is 1. The molecule has 2 nitrogen and oxygen atoms in total. The van der Waals surface area contributed by atoms with Gasteiger partial charge >= 0.3 is 6.61 Å². The van der Waals surface area contributed by atoms with Gasteiger partial charge in [0.1, 0.15) is 5.75 Å². The van der Waals surface area contributed by atoms with Crippen LogP contribution in [0.1, 0.15) is 5.56 Å². The number of alkyl halides is 2. The summed E-state index contributed by atoms with van der Waals surface area (Å²) in [6.07, 6.45) is 0. The van der Waals surface area contributed by atoms with Gasteiger partial charge in [-0.1, -0.05) is 11.6 Å². The molecule has 1 aromatic carbocycles. The van der Waals surface area contributed by atoms with E-state index >= 15 is 0 Å². The zero-order valence-electron chi connectivity index (χ0n) is 9.20. The van der Waals surface area contributed by atoms with E-state index in [0.717, 1.165) is 11.3 Å². The van der Waals surface area contributed by atoms with Gasteiger partial charge in [0.2, 0.25) is 0 Å². The van der Waals surface area contributed by atoms with Crippen LogP contribution in [-0.4, -0.2) is 6.61 Å². The van der Waals surface area contributed by atoms with Crippen molar-refractivity contribution >= 4 is 28.6 Å². The van der Waals surface area contributed by atoms with Gasteiger partial charge in [-0.2, -0.15) is 20.1 Å². The Morgan fingerprint density at radius 1 is 1.33 bits per heavy atom. The molecular formula is C12H10ClF2NOS. The smallest absolute Gasteiger partial charge is 0.387 e. The molecule has 0 spiro atoms. The normalized spacial score (nSPS) is 10.7. The highest BCUT2D eigenvalue weighted by molar-refractivity contribution is 7.07. The second-order valence-corrected chi connectivity index (χ2v) is 4.70. The fourth-order valence-electron chi connectivity index (χ4n) is 1.40. The van der Waals surface area contributed by atoms with E-state index in [2.05, 4.69) is 10.1 Å². The quantitative estimate of drug-likeness (QED) is 0.867. The molecule has 0 unspecified atom stereocenters. The maximum absolute atomic E-state index is 12.0. The van der Waals surface area contributed by atoms with E-state index in [0.29, 0.717) is 6.54 Å². The van der Waals surface area contributed by atoms with Gasteiger partial charge in [-0.3, -0.25) is 0 Å². The van der Waals surface area contributed by atoms with Crippen molar-refractivity contribution in [3.05, 3.63) is 45.6 Å². The first-order valence-corrected chi connectivity index (χ1v) is 6.46. The van der Waals surface area contributed by atoms with E-state index in [-0.39, 0.29) is 10.8 Å². The van der Waals surface area contributed by atoms with Gasteiger partial charge in [-0.15, -0.1) is 0 Å². The SMILES string of the molecule is FC(F)Oc1ccc(NCc2ccsc2)cc1Cl. The third kappa shape index (κ3) is 3.58. The average Bonchev–Trinajstić information content (AvgIpc) is 2.82. The summed E-state index contributed by atoms with van der Waals surface area (Å²) in [5.41, 5.74) is 1.91. The summed E-state index contributed by atoms with van der Waals surface area (Å²) in [5, 5.41) is 7.33. The summed E-state index contributed by atoms with van der Waals surface area (Å²) >= 11 is 7.46. The number of hydrogen-bond donors (Lipinski definition) is 1. The van der Waals surface area contributed by atoms with Crippen LogP contribution >= 0.6 is 22.9 Å². The van der Waals surface area contributed by atoms with Crippen molar-refractivity contribution in [1.29, 1.82) is 0 Å². The molecule has 1 aromatic heterocycles. The van der Waals surface area contributed by atoms with Gasteiger partial charge in [-0.25, -0.2) is 0 Å². The number of hydrogen-bond acceptors (Lipinski definition) is 3. The van der Waals surface area contributed by atoms with Crippen LogP contribution in [0.15, 0.2) is 35.0 Å². The highest BCUT2D eigenvalue weighted by Gasteiger charge is 2.08. The maximum Gasteiger partial charge on any atom is 0.387 e. The van der Waals surface area contributed by atoms with Crippen LogP contribution in [-0.2, 0) is 6.54 Å². The van der Waals surface area contributed by atoms with Crippen molar-refractivity contribution in [3.63, 3.8) is 0 Å². The van der Waals surface area contributed by atoms with Crippen molar-refractivity contribution in [2.45, 2.75) is 13.2 Å². The molecule has 0 radical (unpaired) electrons. The molecule has 0 fully saturated rings. The average molecular weight is 290 g/mol. The second-order valence-electron chi connectivity index (χ2n) is 3.51. The highest BCUT2D eigenvalue weighted by atomic mass is 35.5. The van der Waals surface area contributed by atoms with Gasteiger partial charge in [0.25, 0.3) is 0 Å². The van der Waals surface area contributed by atoms with Crippen LogP contribution in [0, 0.1) is 0 Å². The van der Waals surface area contributed by atoms with Crippen molar-refractivity contribution in [3.8, 4) is 5.75 Å². The first-order valence-electron chi connectivity index (χ1n) is 5.14. The first kappa shape index (κ1) is 13.1. The van der Waals surface area contributed by atoms with Crippen molar-refractivity contribution in [2.75, 3.05) is 5.32 Å². The Hall–Kier alpha value is -1.33. The molecule has 0 amide bonds. The fraction of sp³-hybridized carbons (Fsp3) is 0.167. The number of rotatable bonds is 5. The van der Waals surface area contributed by atoms with Gasteiger partial charge in [0.15, 0.2) is 0 Å². The minimum atomic E-state index is -2.87. The van der Waals surface area contributed by atoms with Crippen LogP contribution in [0.2, 0.25) is 5.02 Å². The van der Waals surface area contributed by atoms with Crippen molar-refractivity contribution in [2.24, 2.45) is 0 Å². The molecule has 0 bridgehead atoms. The summed E-state index contributed by atoms with van der Waals surface area (Å²) in [4.78, 5) is 0. The Labute approximate surface area is 112 Å². The lowest BCUT2D eigenvalue weighted by molar-refractivity contribution is -0.0497. The monoisotopic (exact) mass is 289 g/mol. The van der Waals surface area contributed by atoms with E-state index in [9.17, 15) is 8.78 Å². The molecule has 18 heavy (non-hydrogen) atoms. The summed E-state index contributed by atoms with van der Waals surface area (Å²) in [6, 6.07) is 6.64. The molecule has 0 aliphatic rings. The van der Waals surface area contributed by atoms with Crippen molar-refractivity contribution in [1.82, 2.24) is 0 Å². The lowest BCUT2D eigenvalue weighted by Gasteiger charge is -2.09. The van der Waals surface area contributed by atoms with Gasteiger partial charge in [0, 0.05) is 12.2 Å². The van der Waals surface area contributed by atoms with E-state index < -0.39 is 6.61 Å². The zero-order chi connectivity index (χ0) is 13.0. The van der Waals surface area contributed by atoms with E-state index in [1.807, 2.05) is 16.8 Å². The lowest BCUT2D eigenvalue weighted by atomic mass is 10.2. The molecule has 96 valence electrons. The molecule has 0 saturated heterocycles. The van der Waals surface area contributed by atoms with Gasteiger partial charge < -0.3 is 10.1 Å². The van der Waals surface area contributed by atoms with Gasteiger partial charge in [0.05, 0.1) is 5.02 Å². The lowest BCUT2D eigenvalue weighted by Crippen LogP contribution is -2.03. The Bertz CT molecular complexity index is 505. The highest BCUT2D eigenvalue weighted by Crippen LogP contribution is 2.29. The third-order valence-corrected chi connectivity index (χ3v) is 3.25. The molecule has 0 saturated carbocycles. The number of nitrogens with one attached hydrogen (secondary N) is 1. The number of thiophene rings is 1. The van der Waals surface area contributed by atoms with E-state index in [4.69, 9.17) is 11.6 Å². The minimum absolute atomic E-state index is 0.0206. The topological polar surface area (TPSA) is 21.3 Å². The Kier molecular flexibility index (Phi) is 4.38. The van der Waals surface area contributed by atoms with Crippen LogP contribution in [0.3, 0.4) is 0 Å². The minimum Gasteiger partial charge on any atom is -0.433 e. The number of halogens is 3. The van der Waals surface area contributed by atoms with Crippen LogP contribution in [0.25, 0.3) is 0 Å². The molecule has 1 heterocycles. The van der Waals surface area contributed by atoms with Crippen LogP contribution in [0.4, 0.5) is 14.5 Å². The summed E-state index contributed by atoms with van der Waals surface area (Å²) in [5.74, 6) is -0.0206. The Morgan fingerprint density at radius 3 is 2.78 bits per heavy atom. The molecule has 0 aliphatic heterocycles. The molecular weight excluding hydrogens is 280 g/mol. The fourth-order valence-corrected chi connectivity index (χ4v) is 2.29. The predicted molar refractivity (Wildman–Crippen MR) is 69.7 cm³/mol. The largest absolute Gasteiger partial charge is 0.433 e. The predicted octanol–water partition coefficient (Wildman–Crippen LogP) is 4.62. The third-order valence-electron chi connectivity index (χ3n) is 2.22. The summed E-state index contributed by atoms with van der Waals surface area (Å²) < 4.78 is 28.3. The second kappa shape index (κ2) is 6.02. The van der Waals surface area contributed by atoms with Crippen LogP contribution in [0.5, 0.6) is 5.75 Å². The maximum atomic E-state index is 12.0. The Balaban J connectivity index is 2.00. The van der Waals surface area contributed by atoms with Crippen molar-refractivity contribution < 1.29 is 13.5 Å². The standard InChI is InChI=1S/C12H10ClF2NOS/c13-10-5-9(1-2-11(10)17-12(14)15)16-6-8-3-4-18-7-8/h1-5,7,12,16H,6H2. The zero-order valence-corrected chi connectivity index (χ0v) is 10.8. The molecule has 0 atom stereocenters. The van der Waals surface area contributed by atoms with Gasteiger partial charge in [-0.05, 0) is 40.6 Å². The summed E-state index contributed by atoms with van der Waals surface area (Å²) in [6.45, 7) is -2.21. The molecule has 2 aromatic rings. The van der Waals surface area contributed by atoms with E-state index in [1.54, 1.807) is 23.5 Å². The molecule has 0 aliphatic carbocycles. The molecule has 6 heteroatoms. The van der Waals surface area contributed by atoms with Crippen LogP contribution < -0.4 is 10.1 Å². The number of ether oxygens (including phenoxy) is 1. The number of anilines is 1. The molecule has 2 rings (SSSR count). The van der Waals surface area contributed by atoms with E-state index in [1.165, 1.54) is 6.07 Å². The summed E-state index contributed by atoms with van der Waals surface area (Å²) in [7, 11) is 0. The molecule has 1 N–H and O–H groups in total. The first-order chi connectivity index (χ1) is 8.65. The Morgan fingerprint density at radius 2 is 2.17 bits per heavy atom.